The molecule has 0 aromatic heterocycles. The summed E-state index contributed by atoms with van der Waals surface area (Å²) in [5, 5.41) is 7.62. The van der Waals surface area contributed by atoms with Crippen LogP contribution in [0.1, 0.15) is 11.1 Å². The van der Waals surface area contributed by atoms with Crippen molar-refractivity contribution in [2.24, 2.45) is 5.10 Å². The van der Waals surface area contributed by atoms with Gasteiger partial charge >= 0.3 is 0 Å². The van der Waals surface area contributed by atoms with Gasteiger partial charge in [0.25, 0.3) is 0 Å². The number of fused-ring (bicyclic) bond motifs is 3. The molecule has 0 saturated carbocycles. The largest absolute Gasteiger partial charge is 0.299 e. The number of aryl methyl sites for hydroxylation is 1. The van der Waals surface area contributed by atoms with Crippen LogP contribution >= 0.6 is 11.8 Å². The third kappa shape index (κ3) is 1.32. The van der Waals surface area contributed by atoms with E-state index in [0.29, 0.717) is 0 Å². The molecule has 2 heterocycles. The summed E-state index contributed by atoms with van der Waals surface area (Å²) >= 11 is 1.82. The summed E-state index contributed by atoms with van der Waals surface area (Å²) in [5.41, 5.74) is 4.13. The normalized spacial score (nSPS) is 18.7. The van der Waals surface area contributed by atoms with E-state index in [0.717, 1.165) is 17.6 Å². The number of nitrogens with zero attached hydrogens (tertiary/aromatic N) is 3. The van der Waals surface area contributed by atoms with E-state index in [1.807, 2.05) is 23.8 Å². The number of rotatable bonds is 0. The third-order valence-corrected chi connectivity index (χ3v) is 3.80. The summed E-state index contributed by atoms with van der Waals surface area (Å²) < 4.78 is 0. The van der Waals surface area contributed by atoms with E-state index >= 15 is 0 Å². The molecule has 0 bridgehead atoms. The van der Waals surface area contributed by atoms with Crippen molar-refractivity contribution in [1.82, 2.24) is 5.01 Å². The van der Waals surface area contributed by atoms with Crippen LogP contribution in [0.25, 0.3) is 0 Å². The molecule has 0 aliphatic carbocycles. The Hall–Kier alpha value is -1.16. The van der Waals surface area contributed by atoms with Gasteiger partial charge in [-0.3, -0.25) is 9.91 Å². The van der Waals surface area contributed by atoms with Crippen LogP contribution < -0.4 is 4.90 Å². The van der Waals surface area contributed by atoms with Gasteiger partial charge in [0.2, 0.25) is 0 Å². The van der Waals surface area contributed by atoms with Gasteiger partial charge in [0, 0.05) is 12.8 Å². The lowest BCUT2D eigenvalue weighted by molar-refractivity contribution is 0.393. The number of anilines is 1. The SMILES string of the molecule is Cc1cccc2c1N1CN(C)N=C1SC2. The van der Waals surface area contributed by atoms with Crippen molar-refractivity contribution in [3.05, 3.63) is 29.3 Å². The van der Waals surface area contributed by atoms with Crippen LogP contribution in [0.15, 0.2) is 23.3 Å². The van der Waals surface area contributed by atoms with Gasteiger partial charge in [-0.2, -0.15) is 5.10 Å². The maximum absolute atomic E-state index is 4.49. The minimum Gasteiger partial charge on any atom is -0.299 e. The first-order valence-corrected chi connectivity index (χ1v) is 6.03. The average Bonchev–Trinajstić information content (AvgIpc) is 2.58. The fraction of sp³-hybridized carbons (Fsp3) is 0.364. The molecular weight excluding hydrogens is 206 g/mol. The van der Waals surface area contributed by atoms with Gasteiger partial charge < -0.3 is 0 Å². The number of hydrogen-bond acceptors (Lipinski definition) is 4. The van der Waals surface area contributed by atoms with Crippen LogP contribution in [0.2, 0.25) is 0 Å². The highest BCUT2D eigenvalue weighted by molar-refractivity contribution is 8.13. The Morgan fingerprint density at radius 3 is 3.13 bits per heavy atom. The molecule has 4 heteroatoms. The Morgan fingerprint density at radius 2 is 2.27 bits per heavy atom. The van der Waals surface area contributed by atoms with Crippen molar-refractivity contribution >= 4 is 22.6 Å². The lowest BCUT2D eigenvalue weighted by Crippen LogP contribution is -2.32. The van der Waals surface area contributed by atoms with E-state index in [1.165, 1.54) is 16.8 Å². The van der Waals surface area contributed by atoms with Gasteiger partial charge in [0.05, 0.1) is 5.69 Å². The molecule has 0 N–H and O–H groups in total. The van der Waals surface area contributed by atoms with Crippen molar-refractivity contribution in [2.75, 3.05) is 18.6 Å². The number of benzene rings is 1. The standard InChI is InChI=1S/C11H13N3S/c1-8-4-3-5-9-6-15-11-12-13(2)7-14(11)10(8)9/h3-5H,6-7H2,1-2H3. The summed E-state index contributed by atoms with van der Waals surface area (Å²) in [4.78, 5) is 2.30. The Morgan fingerprint density at radius 1 is 1.40 bits per heavy atom. The van der Waals surface area contributed by atoms with Gasteiger partial charge in [0.1, 0.15) is 6.67 Å². The van der Waals surface area contributed by atoms with Crippen molar-refractivity contribution in [3.63, 3.8) is 0 Å². The highest BCUT2D eigenvalue weighted by Gasteiger charge is 2.29. The number of thioether (sulfide) groups is 1. The monoisotopic (exact) mass is 219 g/mol. The van der Waals surface area contributed by atoms with Gasteiger partial charge in [-0.15, -0.1) is 0 Å². The summed E-state index contributed by atoms with van der Waals surface area (Å²) in [5.74, 6) is 1.04. The Bertz CT molecular complexity index is 441. The van der Waals surface area contributed by atoms with Gasteiger partial charge in [0.15, 0.2) is 5.17 Å². The van der Waals surface area contributed by atoms with E-state index < -0.39 is 0 Å². The van der Waals surface area contributed by atoms with E-state index in [9.17, 15) is 0 Å². The predicted octanol–water partition coefficient (Wildman–Crippen LogP) is 2.22. The van der Waals surface area contributed by atoms with E-state index in [-0.39, 0.29) is 0 Å². The predicted molar refractivity (Wildman–Crippen MR) is 65.0 cm³/mol. The quantitative estimate of drug-likeness (QED) is 0.667. The maximum Gasteiger partial charge on any atom is 0.189 e. The molecule has 3 nitrogen and oxygen atoms in total. The molecule has 1 aromatic rings. The molecule has 1 aromatic carbocycles. The molecule has 0 radical (unpaired) electrons. The zero-order valence-corrected chi connectivity index (χ0v) is 9.71. The van der Waals surface area contributed by atoms with E-state index in [4.69, 9.17) is 0 Å². The lowest BCUT2D eigenvalue weighted by Gasteiger charge is -2.28. The number of para-hydroxylation sites is 1. The summed E-state index contributed by atoms with van der Waals surface area (Å²) in [6, 6.07) is 6.52. The Kier molecular flexibility index (Phi) is 1.92. The fourth-order valence-corrected chi connectivity index (χ4v) is 3.15. The third-order valence-electron chi connectivity index (χ3n) is 2.78. The first-order valence-electron chi connectivity index (χ1n) is 5.04. The van der Waals surface area contributed by atoms with Crippen LogP contribution in [0.4, 0.5) is 5.69 Å². The molecule has 2 aliphatic rings. The van der Waals surface area contributed by atoms with Crippen molar-refractivity contribution in [2.45, 2.75) is 12.7 Å². The van der Waals surface area contributed by atoms with Crippen LogP contribution in [0, 0.1) is 6.92 Å². The zero-order chi connectivity index (χ0) is 10.4. The number of hydrazone groups is 1. The summed E-state index contributed by atoms with van der Waals surface area (Å²) in [7, 11) is 2.02. The minimum absolute atomic E-state index is 0.875. The summed E-state index contributed by atoms with van der Waals surface area (Å²) in [6.07, 6.45) is 0. The lowest BCUT2D eigenvalue weighted by atomic mass is 10.1. The second-order valence-corrected chi connectivity index (χ2v) is 4.92. The Balaban J connectivity index is 2.13. The van der Waals surface area contributed by atoms with Gasteiger partial charge in [-0.25, -0.2) is 0 Å². The second kappa shape index (κ2) is 3.17. The molecule has 78 valence electrons. The van der Waals surface area contributed by atoms with E-state index in [2.05, 4.69) is 35.1 Å². The first kappa shape index (κ1) is 9.09. The van der Waals surface area contributed by atoms with Crippen LogP contribution in [-0.4, -0.2) is 23.9 Å². The molecular formula is C11H13N3S. The number of hydrogen-bond donors (Lipinski definition) is 0. The summed E-state index contributed by atoms with van der Waals surface area (Å²) in [6.45, 7) is 3.05. The molecule has 0 fully saturated rings. The van der Waals surface area contributed by atoms with Crippen LogP contribution in [-0.2, 0) is 5.75 Å². The highest BCUT2D eigenvalue weighted by atomic mass is 32.2. The van der Waals surface area contributed by atoms with Crippen LogP contribution in [0.5, 0.6) is 0 Å². The smallest absolute Gasteiger partial charge is 0.189 e. The second-order valence-electron chi connectivity index (χ2n) is 3.98. The van der Waals surface area contributed by atoms with Crippen molar-refractivity contribution < 1.29 is 0 Å². The average molecular weight is 219 g/mol. The first-order chi connectivity index (χ1) is 7.25. The molecule has 2 aliphatic heterocycles. The molecule has 0 atom stereocenters. The molecule has 0 amide bonds. The highest BCUT2D eigenvalue weighted by Crippen LogP contribution is 2.37. The topological polar surface area (TPSA) is 18.8 Å². The van der Waals surface area contributed by atoms with E-state index in [1.54, 1.807) is 0 Å². The molecule has 15 heavy (non-hydrogen) atoms. The maximum atomic E-state index is 4.49. The minimum atomic E-state index is 0.875. The van der Waals surface area contributed by atoms with Crippen molar-refractivity contribution in [1.29, 1.82) is 0 Å². The zero-order valence-electron chi connectivity index (χ0n) is 8.90. The molecule has 0 saturated heterocycles. The molecule has 3 rings (SSSR count). The van der Waals surface area contributed by atoms with Crippen molar-refractivity contribution in [3.8, 4) is 0 Å². The van der Waals surface area contributed by atoms with Gasteiger partial charge in [-0.1, -0.05) is 30.0 Å². The fourth-order valence-electron chi connectivity index (χ4n) is 2.13. The van der Waals surface area contributed by atoms with Gasteiger partial charge in [-0.05, 0) is 18.1 Å². The molecule has 0 spiro atoms. The molecule has 0 unspecified atom stereocenters. The van der Waals surface area contributed by atoms with Crippen LogP contribution in [0.3, 0.4) is 0 Å². The number of amidine groups is 1. The Labute approximate surface area is 93.8 Å².